The van der Waals surface area contributed by atoms with Gasteiger partial charge in [0.2, 0.25) is 0 Å². The second-order valence-electron chi connectivity index (χ2n) is 2.14. The Morgan fingerprint density at radius 2 is 0.667 bits per heavy atom. The standard InChI is InChI=1S/C4F8I2.HI/c5-1(6,3(9,10)13)2(7,8)4(11,12)14;/h;1H. The molecule has 15 heavy (non-hydrogen) atoms. The van der Waals surface area contributed by atoms with Gasteiger partial charge in [0.05, 0.1) is 0 Å². The SMILES string of the molecule is FC(F)(I)C(F)(F)C(F)(F)C(F)(F)I.I. The average Bonchev–Trinajstić information content (AvgIpc) is 1.81. The summed E-state index contributed by atoms with van der Waals surface area (Å²) in [4.78, 5) is 0. The molecule has 0 aliphatic carbocycles. The van der Waals surface area contributed by atoms with Crippen molar-refractivity contribution in [2.24, 2.45) is 0 Å². The van der Waals surface area contributed by atoms with Crippen molar-refractivity contribution in [3.63, 3.8) is 0 Å². The van der Waals surface area contributed by atoms with Gasteiger partial charge < -0.3 is 0 Å². The van der Waals surface area contributed by atoms with E-state index in [1.807, 2.05) is 0 Å². The van der Waals surface area contributed by atoms with Gasteiger partial charge in [-0.25, -0.2) is 0 Å². The first-order chi connectivity index (χ1) is 5.75. The summed E-state index contributed by atoms with van der Waals surface area (Å²) < 4.78 is 86.1. The highest BCUT2D eigenvalue weighted by Gasteiger charge is 2.79. The van der Waals surface area contributed by atoms with Crippen LogP contribution >= 0.6 is 69.2 Å². The Labute approximate surface area is 123 Å². The maximum atomic E-state index is 12.2. The molecule has 0 radical (unpaired) electrons. The molecule has 0 saturated carbocycles. The average molecular weight is 582 g/mol. The molecule has 0 aromatic rings. The Hall–Kier alpha value is 1.63. The van der Waals surface area contributed by atoms with Crippen molar-refractivity contribution in [3.05, 3.63) is 0 Å². The van der Waals surface area contributed by atoms with Crippen molar-refractivity contribution >= 4 is 69.2 Å². The highest BCUT2D eigenvalue weighted by atomic mass is 127. The van der Waals surface area contributed by atoms with E-state index >= 15 is 0 Å². The zero-order valence-corrected chi connectivity index (χ0v) is 12.8. The predicted molar refractivity (Wildman–Crippen MR) is 63.2 cm³/mol. The summed E-state index contributed by atoms with van der Waals surface area (Å²) in [5.74, 6) is -12.2. The fraction of sp³-hybridized carbons (Fsp3) is 1.00. The molecule has 0 unspecified atom stereocenters. The van der Waals surface area contributed by atoms with Crippen molar-refractivity contribution in [3.8, 4) is 0 Å². The summed E-state index contributed by atoms with van der Waals surface area (Å²) in [5.41, 5.74) is 0. The lowest BCUT2D eigenvalue weighted by Crippen LogP contribution is -2.58. The van der Waals surface area contributed by atoms with Gasteiger partial charge in [-0.3, -0.25) is 0 Å². The number of rotatable bonds is 3. The molecule has 0 rings (SSSR count). The van der Waals surface area contributed by atoms with E-state index in [0.717, 1.165) is 0 Å². The molecule has 0 N–H and O–H groups in total. The minimum Gasteiger partial charge on any atom is -0.191 e. The smallest absolute Gasteiger partial charge is 0.191 e. The van der Waals surface area contributed by atoms with Gasteiger partial charge in [-0.1, -0.05) is 0 Å². The third-order valence-electron chi connectivity index (χ3n) is 1.11. The van der Waals surface area contributed by atoms with Gasteiger partial charge in [-0.2, -0.15) is 35.1 Å². The summed E-state index contributed by atoms with van der Waals surface area (Å²) in [7, 11) is 0. The number of halogens is 11. The summed E-state index contributed by atoms with van der Waals surface area (Å²) in [6.45, 7) is 0. The molecule has 0 aliphatic heterocycles. The van der Waals surface area contributed by atoms with Crippen LogP contribution in [-0.4, -0.2) is 19.7 Å². The summed E-state index contributed by atoms with van der Waals surface area (Å²) in [6.07, 6.45) is 0. The van der Waals surface area contributed by atoms with Crippen LogP contribution in [0, 0.1) is 0 Å². The van der Waals surface area contributed by atoms with Gasteiger partial charge in [0.15, 0.2) is 0 Å². The van der Waals surface area contributed by atoms with Crippen LogP contribution in [-0.2, 0) is 0 Å². The first kappa shape index (κ1) is 19.0. The zero-order valence-electron chi connectivity index (χ0n) is 6.19. The van der Waals surface area contributed by atoms with Crippen molar-refractivity contribution in [2.75, 3.05) is 0 Å². The molecular weight excluding hydrogens is 581 g/mol. The molecule has 0 aromatic carbocycles. The van der Waals surface area contributed by atoms with Crippen LogP contribution in [0.4, 0.5) is 35.1 Å². The van der Waals surface area contributed by atoms with E-state index in [-0.39, 0.29) is 69.2 Å². The number of alkyl halides is 10. The molecule has 0 aromatic heterocycles. The molecule has 0 spiro atoms. The second kappa shape index (κ2) is 5.09. The first-order valence-electron chi connectivity index (χ1n) is 2.64. The Bertz CT molecular complexity index is 191. The maximum Gasteiger partial charge on any atom is 0.388 e. The normalized spacial score (nSPS) is 14.8. The van der Waals surface area contributed by atoms with E-state index in [4.69, 9.17) is 0 Å². The van der Waals surface area contributed by atoms with Gasteiger partial charge in [-0.15, -0.1) is 24.0 Å². The minimum atomic E-state index is -6.12. The van der Waals surface area contributed by atoms with Crippen LogP contribution in [0.15, 0.2) is 0 Å². The fourth-order valence-corrected chi connectivity index (χ4v) is 1.03. The topological polar surface area (TPSA) is 0 Å². The second-order valence-corrected chi connectivity index (χ2v) is 4.85. The molecule has 0 atom stereocenters. The van der Waals surface area contributed by atoms with E-state index in [1.54, 1.807) is 0 Å². The molecule has 11 heteroatoms. The lowest BCUT2D eigenvalue weighted by molar-refractivity contribution is -0.312. The predicted octanol–water partition coefficient (Wildman–Crippen LogP) is 4.93. The van der Waals surface area contributed by atoms with Crippen LogP contribution in [0.25, 0.3) is 0 Å². The van der Waals surface area contributed by atoms with E-state index in [1.165, 1.54) is 0 Å². The highest BCUT2D eigenvalue weighted by molar-refractivity contribution is 14.1. The van der Waals surface area contributed by atoms with Crippen LogP contribution in [0.5, 0.6) is 0 Å². The fourth-order valence-electron chi connectivity index (χ4n) is 0.356. The highest BCUT2D eigenvalue weighted by Crippen LogP contribution is 2.56. The Balaban J connectivity index is 0. The summed E-state index contributed by atoms with van der Waals surface area (Å²) in [5, 5.41) is 0. The maximum absolute atomic E-state index is 12.2. The van der Waals surface area contributed by atoms with Crippen molar-refractivity contribution in [1.29, 1.82) is 0 Å². The van der Waals surface area contributed by atoms with Gasteiger partial charge in [0.25, 0.3) is 0 Å². The van der Waals surface area contributed by atoms with E-state index in [9.17, 15) is 35.1 Å². The Kier molecular flexibility index (Phi) is 6.44. The quantitative estimate of drug-likeness (QED) is 0.252. The van der Waals surface area contributed by atoms with Gasteiger partial charge in [0.1, 0.15) is 0 Å². The molecule has 94 valence electrons. The van der Waals surface area contributed by atoms with E-state index in [2.05, 4.69) is 0 Å². The van der Waals surface area contributed by atoms with Crippen molar-refractivity contribution in [1.82, 2.24) is 0 Å². The Morgan fingerprint density at radius 3 is 0.733 bits per heavy atom. The molecule has 0 amide bonds. The minimum absolute atomic E-state index is 0. The molecule has 0 bridgehead atoms. The lowest BCUT2D eigenvalue weighted by Gasteiger charge is -2.31. The van der Waals surface area contributed by atoms with Gasteiger partial charge >= 0.3 is 19.7 Å². The first-order valence-corrected chi connectivity index (χ1v) is 4.80. The largest absolute Gasteiger partial charge is 0.388 e. The lowest BCUT2D eigenvalue weighted by atomic mass is 10.2. The summed E-state index contributed by atoms with van der Waals surface area (Å²) in [6, 6.07) is 0. The molecule has 0 aliphatic rings. The monoisotopic (exact) mass is 582 g/mol. The van der Waals surface area contributed by atoms with Crippen LogP contribution < -0.4 is 0 Å². The number of hydrogen-bond donors (Lipinski definition) is 0. The molecular formula is C4HF8I3. The van der Waals surface area contributed by atoms with Crippen molar-refractivity contribution < 1.29 is 35.1 Å². The van der Waals surface area contributed by atoms with Crippen LogP contribution in [0.1, 0.15) is 0 Å². The summed E-state index contributed by atoms with van der Waals surface area (Å²) >= 11 is -0.631. The van der Waals surface area contributed by atoms with Crippen LogP contribution in [0.3, 0.4) is 0 Å². The molecule has 0 nitrogen and oxygen atoms in total. The number of hydrogen-bond acceptors (Lipinski definition) is 0. The zero-order chi connectivity index (χ0) is 12.0. The molecule has 0 heterocycles. The third-order valence-corrected chi connectivity index (χ3v) is 2.46. The van der Waals surface area contributed by atoms with Crippen molar-refractivity contribution in [2.45, 2.75) is 19.7 Å². The third kappa shape index (κ3) is 3.54. The van der Waals surface area contributed by atoms with E-state index in [0.29, 0.717) is 0 Å². The van der Waals surface area contributed by atoms with E-state index < -0.39 is 19.7 Å². The van der Waals surface area contributed by atoms with Gasteiger partial charge in [-0.05, 0) is 0 Å². The van der Waals surface area contributed by atoms with Crippen LogP contribution in [0.2, 0.25) is 0 Å². The molecule has 0 saturated heterocycles. The van der Waals surface area contributed by atoms with Gasteiger partial charge in [0, 0.05) is 45.2 Å². The Morgan fingerprint density at radius 1 is 0.533 bits per heavy atom. The molecule has 0 fully saturated rings.